The van der Waals surface area contributed by atoms with Crippen molar-refractivity contribution in [3.8, 4) is 0 Å². The number of rotatable bonds is 19. The Morgan fingerprint density at radius 1 is 0.841 bits per heavy atom. The average molecular weight is 621 g/mol. The maximum Gasteiger partial charge on any atom is 0.305 e. The van der Waals surface area contributed by atoms with Gasteiger partial charge >= 0.3 is 5.97 Å². The fourth-order valence-corrected chi connectivity index (χ4v) is 10.5. The molecule has 0 aromatic carbocycles. The molecule has 4 unspecified atom stereocenters. The number of carbonyl (C=O) groups is 1. The van der Waals surface area contributed by atoms with Gasteiger partial charge in [-0.25, -0.2) is 0 Å². The van der Waals surface area contributed by atoms with E-state index in [9.17, 15) is 9.90 Å². The highest BCUT2D eigenvalue weighted by Gasteiger charge is 2.62. The number of nitrogens with two attached hydrogens (primary N) is 1. The van der Waals surface area contributed by atoms with Crippen LogP contribution in [-0.2, 0) is 9.53 Å². The molecule has 0 aromatic heterocycles. The zero-order valence-corrected chi connectivity index (χ0v) is 28.6. The lowest BCUT2D eigenvalue weighted by Gasteiger charge is -2.62. The Labute approximate surface area is 268 Å². The summed E-state index contributed by atoms with van der Waals surface area (Å²) in [5, 5.41) is 29.4. The second kappa shape index (κ2) is 17.4. The minimum absolute atomic E-state index is 0.0845. The monoisotopic (exact) mass is 621 g/mol. The zero-order chi connectivity index (χ0) is 31.6. The Bertz CT molecular complexity index is 864. The smallest absolute Gasteiger partial charge is 0.305 e. The molecule has 4 aliphatic rings. The number of ether oxygens (including phenoxy) is 1. The maximum absolute atomic E-state index is 11.8. The predicted molar refractivity (Wildman–Crippen MR) is 179 cm³/mol. The van der Waals surface area contributed by atoms with Gasteiger partial charge in [-0.3, -0.25) is 4.79 Å². The normalized spacial score (nSPS) is 37.2. The first-order valence-corrected chi connectivity index (χ1v) is 18.3. The Hall–Kier alpha value is -0.810. The van der Waals surface area contributed by atoms with Crippen LogP contribution in [0.3, 0.4) is 0 Å². The van der Waals surface area contributed by atoms with Gasteiger partial charge < -0.3 is 42.2 Å². The molecule has 0 radical (unpaired) electrons. The third-order valence-corrected chi connectivity index (χ3v) is 13.0. The molecule has 4 aliphatic carbocycles. The van der Waals surface area contributed by atoms with Gasteiger partial charge in [-0.2, -0.15) is 0 Å². The summed E-state index contributed by atoms with van der Waals surface area (Å²) >= 11 is 0. The Morgan fingerprint density at radius 3 is 2.07 bits per heavy atom. The van der Waals surface area contributed by atoms with E-state index in [-0.39, 0.29) is 12.1 Å². The van der Waals surface area contributed by atoms with Gasteiger partial charge in [-0.15, -0.1) is 0 Å². The van der Waals surface area contributed by atoms with E-state index in [1.165, 1.54) is 52.1 Å². The van der Waals surface area contributed by atoms with Gasteiger partial charge in [0.25, 0.3) is 0 Å². The van der Waals surface area contributed by atoms with Crippen LogP contribution in [-0.4, -0.2) is 95.8 Å². The van der Waals surface area contributed by atoms with E-state index in [0.717, 1.165) is 71.7 Å². The van der Waals surface area contributed by atoms with Crippen molar-refractivity contribution in [3.63, 3.8) is 0 Å². The molecule has 0 aliphatic heterocycles. The molecule has 0 spiro atoms. The van der Waals surface area contributed by atoms with E-state index in [2.05, 4.69) is 47.4 Å². The number of fused-ring (bicyclic) bond motifs is 5. The van der Waals surface area contributed by atoms with Crippen molar-refractivity contribution in [2.75, 3.05) is 72.6 Å². The van der Waals surface area contributed by atoms with E-state index >= 15 is 0 Å². The summed E-state index contributed by atoms with van der Waals surface area (Å²) in [6.07, 6.45) is 11.1. The first-order chi connectivity index (χ1) is 21.2. The SMILES string of the molecule is COC(=O)CC[C@@H](C)[C@H]1CCC2C3C(CC[C@@]21C)[C@@]1(C)CC[C@H](NCCNCCNCCNCCNCCN)CC1C[C@H]3O. The van der Waals surface area contributed by atoms with Crippen molar-refractivity contribution < 1.29 is 14.6 Å². The number of aliphatic hydroxyl groups is 1. The van der Waals surface area contributed by atoms with Crippen LogP contribution in [0.4, 0.5) is 0 Å². The standard InChI is InChI=1S/C35H68N6O3/c1-25(5-8-32(43)44-4)28-6-7-29-33-30(10-12-35(28,29)3)34(2)11-9-27(23-26(34)24-31(33)42)41-22-21-40-20-19-39-18-17-38-16-15-37-14-13-36/h25-31,33,37-42H,5-24,36H2,1-4H3/t25-,26?,27+,28-,29?,30?,31-,33?,34+,35-/m1/s1. The summed E-state index contributed by atoms with van der Waals surface area (Å²) in [7, 11) is 1.49. The molecule has 0 amide bonds. The molecule has 0 bridgehead atoms. The average Bonchev–Trinajstić information content (AvgIpc) is 3.37. The molecule has 256 valence electrons. The number of aliphatic hydroxyl groups excluding tert-OH is 1. The number of esters is 1. The fraction of sp³-hybridized carbons (Fsp3) is 0.971. The summed E-state index contributed by atoms with van der Waals surface area (Å²) in [6.45, 7) is 17.0. The second-order valence-electron chi connectivity index (χ2n) is 15.3. The lowest BCUT2D eigenvalue weighted by molar-refractivity contribution is -0.167. The summed E-state index contributed by atoms with van der Waals surface area (Å²) in [6, 6.07) is 0.572. The van der Waals surface area contributed by atoms with Gasteiger partial charge in [-0.05, 0) is 104 Å². The largest absolute Gasteiger partial charge is 0.469 e. The number of hydrogen-bond acceptors (Lipinski definition) is 9. The molecular weight excluding hydrogens is 552 g/mol. The van der Waals surface area contributed by atoms with E-state index in [1.807, 2.05) is 0 Å². The van der Waals surface area contributed by atoms with Crippen molar-refractivity contribution in [2.45, 2.75) is 97.1 Å². The van der Waals surface area contributed by atoms with Crippen molar-refractivity contribution in [1.29, 1.82) is 0 Å². The van der Waals surface area contributed by atoms with Gasteiger partial charge in [0.2, 0.25) is 0 Å². The lowest BCUT2D eigenvalue weighted by Crippen LogP contribution is -2.59. The van der Waals surface area contributed by atoms with E-state index in [0.29, 0.717) is 65.3 Å². The molecular formula is C35H68N6O3. The molecule has 4 saturated carbocycles. The number of nitrogens with one attached hydrogen (secondary N) is 5. The summed E-state index contributed by atoms with van der Waals surface area (Å²) in [4.78, 5) is 11.8. The van der Waals surface area contributed by atoms with E-state index in [4.69, 9.17) is 10.5 Å². The van der Waals surface area contributed by atoms with Crippen LogP contribution in [0, 0.1) is 46.3 Å². The van der Waals surface area contributed by atoms with Crippen LogP contribution in [0.5, 0.6) is 0 Å². The van der Waals surface area contributed by atoms with E-state index < -0.39 is 0 Å². The lowest BCUT2D eigenvalue weighted by atomic mass is 9.43. The summed E-state index contributed by atoms with van der Waals surface area (Å²) in [5.41, 5.74) is 6.13. The Morgan fingerprint density at radius 2 is 1.43 bits per heavy atom. The molecule has 4 fully saturated rings. The van der Waals surface area contributed by atoms with Crippen molar-refractivity contribution >= 4 is 5.97 Å². The molecule has 44 heavy (non-hydrogen) atoms. The van der Waals surface area contributed by atoms with Crippen molar-refractivity contribution in [2.24, 2.45) is 52.1 Å². The summed E-state index contributed by atoms with van der Waals surface area (Å²) in [5.74, 6) is 3.43. The minimum atomic E-state index is -0.164. The first kappa shape index (κ1) is 36.0. The topological polar surface area (TPSA) is 133 Å². The van der Waals surface area contributed by atoms with Crippen molar-refractivity contribution in [1.82, 2.24) is 26.6 Å². The minimum Gasteiger partial charge on any atom is -0.469 e. The molecule has 0 heterocycles. The van der Waals surface area contributed by atoms with Gasteiger partial charge in [0, 0.05) is 77.9 Å². The van der Waals surface area contributed by atoms with Crippen LogP contribution in [0.2, 0.25) is 0 Å². The molecule has 10 atom stereocenters. The molecule has 8 N–H and O–H groups in total. The Balaban J connectivity index is 1.15. The summed E-state index contributed by atoms with van der Waals surface area (Å²) < 4.78 is 4.93. The zero-order valence-electron chi connectivity index (χ0n) is 28.6. The molecule has 9 heteroatoms. The molecule has 4 rings (SSSR count). The van der Waals surface area contributed by atoms with Gasteiger partial charge in [-0.1, -0.05) is 20.8 Å². The highest BCUT2D eigenvalue weighted by atomic mass is 16.5. The van der Waals surface area contributed by atoms with Crippen LogP contribution >= 0.6 is 0 Å². The van der Waals surface area contributed by atoms with Gasteiger partial charge in [0.1, 0.15) is 0 Å². The fourth-order valence-electron chi connectivity index (χ4n) is 10.5. The van der Waals surface area contributed by atoms with Crippen molar-refractivity contribution in [3.05, 3.63) is 0 Å². The van der Waals surface area contributed by atoms with Gasteiger partial charge in [0.05, 0.1) is 13.2 Å². The Kier molecular flexibility index (Phi) is 14.2. The number of carbonyl (C=O) groups excluding carboxylic acids is 1. The van der Waals surface area contributed by atoms with Crippen LogP contribution in [0.1, 0.15) is 85.0 Å². The van der Waals surface area contributed by atoms with Crippen LogP contribution in [0.25, 0.3) is 0 Å². The second-order valence-corrected chi connectivity index (χ2v) is 15.3. The van der Waals surface area contributed by atoms with E-state index in [1.54, 1.807) is 0 Å². The number of methoxy groups -OCH3 is 1. The highest BCUT2D eigenvalue weighted by Crippen LogP contribution is 2.68. The third-order valence-electron chi connectivity index (χ3n) is 13.0. The first-order valence-electron chi connectivity index (χ1n) is 18.3. The predicted octanol–water partition coefficient (Wildman–Crippen LogP) is 2.48. The van der Waals surface area contributed by atoms with Crippen LogP contribution < -0.4 is 32.3 Å². The number of hydrogen-bond donors (Lipinski definition) is 7. The molecule has 0 saturated heterocycles. The molecule has 0 aromatic rings. The third kappa shape index (κ3) is 8.75. The van der Waals surface area contributed by atoms with Gasteiger partial charge in [0.15, 0.2) is 0 Å². The van der Waals surface area contributed by atoms with Crippen LogP contribution in [0.15, 0.2) is 0 Å². The highest BCUT2D eigenvalue weighted by molar-refractivity contribution is 5.69. The molecule has 9 nitrogen and oxygen atoms in total. The quantitative estimate of drug-likeness (QED) is 0.0860. The maximum atomic E-state index is 11.8.